The summed E-state index contributed by atoms with van der Waals surface area (Å²) in [5.74, 6) is -0.745. The van der Waals surface area contributed by atoms with Gasteiger partial charge in [-0.15, -0.1) is 0 Å². The van der Waals surface area contributed by atoms with Gasteiger partial charge in [0, 0.05) is 12.5 Å². The molecule has 2 aromatic rings. The first-order chi connectivity index (χ1) is 16.8. The Morgan fingerprint density at radius 2 is 1.80 bits per heavy atom. The van der Waals surface area contributed by atoms with Gasteiger partial charge in [-0.05, 0) is 48.8 Å². The number of carbonyl (C=O) groups is 3. The van der Waals surface area contributed by atoms with Gasteiger partial charge in [0.2, 0.25) is 0 Å². The fourth-order valence-corrected chi connectivity index (χ4v) is 3.52. The summed E-state index contributed by atoms with van der Waals surface area (Å²) in [6.07, 6.45) is 1.60. The van der Waals surface area contributed by atoms with Crippen molar-refractivity contribution >= 4 is 23.9 Å². The van der Waals surface area contributed by atoms with Crippen molar-refractivity contribution in [1.82, 2.24) is 4.90 Å². The zero-order chi connectivity index (χ0) is 25.4. The normalized spacial score (nSPS) is 14.7. The van der Waals surface area contributed by atoms with Crippen LogP contribution in [0.5, 0.6) is 11.5 Å². The fraction of sp³-hybridized carbons (Fsp3) is 0.259. The lowest BCUT2D eigenvalue weighted by Gasteiger charge is -2.27. The van der Waals surface area contributed by atoms with Gasteiger partial charge in [-0.25, -0.2) is 0 Å². The molecule has 1 aliphatic rings. The van der Waals surface area contributed by atoms with Crippen LogP contribution >= 0.6 is 0 Å². The molecule has 0 N–H and O–H groups in total. The zero-order valence-electron chi connectivity index (χ0n) is 19.9. The van der Waals surface area contributed by atoms with Crippen LogP contribution in [-0.2, 0) is 25.7 Å². The number of amides is 2. The molecule has 0 saturated carbocycles. The van der Waals surface area contributed by atoms with E-state index in [4.69, 9.17) is 14.2 Å². The molecule has 3 rings (SSSR count). The van der Waals surface area contributed by atoms with Crippen molar-refractivity contribution < 1.29 is 28.6 Å². The van der Waals surface area contributed by atoms with Gasteiger partial charge in [0.15, 0.2) is 11.5 Å². The van der Waals surface area contributed by atoms with Gasteiger partial charge >= 0.3 is 5.97 Å². The molecule has 1 aliphatic heterocycles. The smallest absolute Gasteiger partial charge is 0.302 e. The van der Waals surface area contributed by atoms with E-state index in [0.717, 1.165) is 10.5 Å². The lowest BCUT2D eigenvalue weighted by molar-refractivity contribution is -0.147. The molecule has 0 bridgehead atoms. The van der Waals surface area contributed by atoms with E-state index in [0.29, 0.717) is 30.3 Å². The molecule has 8 heteroatoms. The number of rotatable bonds is 9. The van der Waals surface area contributed by atoms with E-state index in [1.165, 1.54) is 6.92 Å². The highest BCUT2D eigenvalue weighted by molar-refractivity contribution is 6.19. The Bertz CT molecular complexity index is 1220. The molecule has 0 fully saturated rings. The predicted octanol–water partition coefficient (Wildman–Crippen LogP) is 3.82. The molecule has 35 heavy (non-hydrogen) atoms. The summed E-state index contributed by atoms with van der Waals surface area (Å²) in [7, 11) is 0. The second-order valence-corrected chi connectivity index (χ2v) is 7.69. The maximum Gasteiger partial charge on any atom is 0.302 e. The number of imide groups is 1. The highest BCUT2D eigenvalue weighted by Crippen LogP contribution is 2.32. The molecule has 1 heterocycles. The van der Waals surface area contributed by atoms with Crippen molar-refractivity contribution in [3.63, 3.8) is 0 Å². The van der Waals surface area contributed by atoms with Gasteiger partial charge in [0.1, 0.15) is 24.9 Å². The number of nitriles is 1. The summed E-state index contributed by atoms with van der Waals surface area (Å²) in [4.78, 5) is 37.7. The van der Waals surface area contributed by atoms with Gasteiger partial charge in [0.25, 0.3) is 11.8 Å². The van der Waals surface area contributed by atoms with E-state index < -0.39 is 17.8 Å². The van der Waals surface area contributed by atoms with Crippen molar-refractivity contribution in [2.24, 2.45) is 0 Å². The standard InChI is InChI=1S/C27H26N2O6/c1-4-33-25-15-21(10-11-24(25)35-17-20-8-6-5-7-9-20)14-22-18(2)23(16-28)27(32)29(26(22)31)12-13-34-19(3)30/h5-11,14-15H,4,12-13,17H2,1-3H3/b22-14+. The molecule has 0 aliphatic carbocycles. The van der Waals surface area contributed by atoms with Crippen molar-refractivity contribution in [3.8, 4) is 17.6 Å². The third-order valence-electron chi connectivity index (χ3n) is 5.26. The van der Waals surface area contributed by atoms with Crippen LogP contribution in [0.4, 0.5) is 0 Å². The van der Waals surface area contributed by atoms with Crippen molar-refractivity contribution in [2.75, 3.05) is 19.8 Å². The molecular weight excluding hydrogens is 448 g/mol. The maximum atomic E-state index is 13.1. The van der Waals surface area contributed by atoms with Crippen LogP contribution in [0.3, 0.4) is 0 Å². The van der Waals surface area contributed by atoms with Gasteiger partial charge in [-0.2, -0.15) is 5.26 Å². The molecule has 8 nitrogen and oxygen atoms in total. The minimum Gasteiger partial charge on any atom is -0.490 e. The summed E-state index contributed by atoms with van der Waals surface area (Å²) in [6.45, 7) is 5.13. The van der Waals surface area contributed by atoms with E-state index in [-0.39, 0.29) is 29.9 Å². The summed E-state index contributed by atoms with van der Waals surface area (Å²) in [5.41, 5.74) is 2.00. The molecule has 0 aromatic heterocycles. The molecular formula is C27H26N2O6. The van der Waals surface area contributed by atoms with E-state index in [1.807, 2.05) is 43.3 Å². The number of esters is 1. The first-order valence-corrected chi connectivity index (χ1v) is 11.1. The SMILES string of the molecule is CCOc1cc(/C=C2/C(=O)N(CCOC(C)=O)C(=O)C(C#N)=C2C)ccc1OCc1ccccc1. The van der Waals surface area contributed by atoms with Crippen molar-refractivity contribution in [1.29, 1.82) is 5.26 Å². The highest BCUT2D eigenvalue weighted by atomic mass is 16.5. The molecule has 0 unspecified atom stereocenters. The number of nitrogens with zero attached hydrogens (tertiary/aromatic N) is 2. The number of hydrogen-bond donors (Lipinski definition) is 0. The Hall–Kier alpha value is -4.38. The van der Waals surface area contributed by atoms with Crippen molar-refractivity contribution in [2.45, 2.75) is 27.4 Å². The first-order valence-electron chi connectivity index (χ1n) is 11.1. The Balaban J connectivity index is 1.91. The van der Waals surface area contributed by atoms with Crippen LogP contribution < -0.4 is 9.47 Å². The van der Waals surface area contributed by atoms with Crippen LogP contribution in [0.2, 0.25) is 0 Å². The average molecular weight is 475 g/mol. The van der Waals surface area contributed by atoms with Crippen LogP contribution in [-0.4, -0.2) is 42.4 Å². The molecule has 0 atom stereocenters. The largest absolute Gasteiger partial charge is 0.490 e. The topological polar surface area (TPSA) is 106 Å². The fourth-order valence-electron chi connectivity index (χ4n) is 3.52. The van der Waals surface area contributed by atoms with E-state index in [2.05, 4.69) is 0 Å². The summed E-state index contributed by atoms with van der Waals surface area (Å²) in [5, 5.41) is 9.52. The van der Waals surface area contributed by atoms with E-state index in [1.54, 1.807) is 31.2 Å². The van der Waals surface area contributed by atoms with E-state index in [9.17, 15) is 19.6 Å². The van der Waals surface area contributed by atoms with Crippen LogP contribution in [0.15, 0.2) is 65.3 Å². The summed E-state index contributed by atoms with van der Waals surface area (Å²) < 4.78 is 16.5. The lowest BCUT2D eigenvalue weighted by atomic mass is 9.93. The highest BCUT2D eigenvalue weighted by Gasteiger charge is 2.35. The van der Waals surface area contributed by atoms with Gasteiger partial charge < -0.3 is 14.2 Å². The number of ether oxygens (including phenoxy) is 3. The molecule has 0 spiro atoms. The van der Waals surface area contributed by atoms with Gasteiger partial charge in [-0.3, -0.25) is 19.3 Å². The molecule has 2 amide bonds. The minimum absolute atomic E-state index is 0.133. The quantitative estimate of drug-likeness (QED) is 0.309. The Labute approximate surface area is 204 Å². The number of benzene rings is 2. The van der Waals surface area contributed by atoms with Crippen molar-refractivity contribution in [3.05, 3.63) is 76.4 Å². The van der Waals surface area contributed by atoms with Gasteiger partial charge in [0.05, 0.1) is 13.2 Å². The lowest BCUT2D eigenvalue weighted by Crippen LogP contribution is -2.44. The minimum atomic E-state index is -0.709. The molecule has 2 aromatic carbocycles. The monoisotopic (exact) mass is 474 g/mol. The molecule has 0 radical (unpaired) electrons. The van der Waals surface area contributed by atoms with Crippen LogP contribution in [0.25, 0.3) is 6.08 Å². The maximum absolute atomic E-state index is 13.1. The van der Waals surface area contributed by atoms with Gasteiger partial charge in [-0.1, -0.05) is 36.4 Å². The third-order valence-corrected chi connectivity index (χ3v) is 5.26. The molecule has 0 saturated heterocycles. The first kappa shape index (κ1) is 25.2. The van der Waals surface area contributed by atoms with Crippen LogP contribution in [0, 0.1) is 11.3 Å². The second kappa shape index (κ2) is 11.7. The second-order valence-electron chi connectivity index (χ2n) is 7.69. The zero-order valence-corrected chi connectivity index (χ0v) is 19.9. The number of hydrogen-bond acceptors (Lipinski definition) is 7. The summed E-state index contributed by atoms with van der Waals surface area (Å²) in [6, 6.07) is 16.9. The Kier molecular flexibility index (Phi) is 8.41. The van der Waals surface area contributed by atoms with Crippen LogP contribution in [0.1, 0.15) is 31.9 Å². The summed E-state index contributed by atoms with van der Waals surface area (Å²) >= 11 is 0. The Morgan fingerprint density at radius 1 is 1.06 bits per heavy atom. The third kappa shape index (κ3) is 6.15. The van der Waals surface area contributed by atoms with E-state index >= 15 is 0 Å². The number of carbonyl (C=O) groups excluding carboxylic acids is 3. The molecule has 180 valence electrons. The average Bonchev–Trinajstić information content (AvgIpc) is 2.84. The predicted molar refractivity (Wildman–Crippen MR) is 128 cm³/mol. The Morgan fingerprint density at radius 3 is 2.46 bits per heavy atom.